The summed E-state index contributed by atoms with van der Waals surface area (Å²) in [6, 6.07) is 10.9. The van der Waals surface area contributed by atoms with E-state index in [9.17, 15) is 9.59 Å². The lowest BCUT2D eigenvalue weighted by atomic mass is 10.2. The number of nitrogens with one attached hydrogen (secondary N) is 1. The van der Waals surface area contributed by atoms with E-state index in [1.165, 1.54) is 13.3 Å². The van der Waals surface area contributed by atoms with Crippen LogP contribution in [0.2, 0.25) is 0 Å². The van der Waals surface area contributed by atoms with Gasteiger partial charge in [-0.15, -0.1) is 0 Å². The van der Waals surface area contributed by atoms with Crippen molar-refractivity contribution in [2.75, 3.05) is 7.11 Å². The van der Waals surface area contributed by atoms with E-state index in [0.717, 1.165) is 4.47 Å². The van der Waals surface area contributed by atoms with Crippen molar-refractivity contribution in [1.29, 1.82) is 0 Å². The number of nitrogens with two attached hydrogens (primary N) is 1. The van der Waals surface area contributed by atoms with Crippen LogP contribution < -0.4 is 20.6 Å². The number of amides is 2. The van der Waals surface area contributed by atoms with Crippen LogP contribution >= 0.6 is 15.9 Å². The molecule has 7 nitrogen and oxygen atoms in total. The molecule has 8 heteroatoms. The zero-order valence-electron chi connectivity index (χ0n) is 12.7. The van der Waals surface area contributed by atoms with Gasteiger partial charge in [-0.3, -0.25) is 0 Å². The first kappa shape index (κ1) is 17.5. The molecule has 2 amide bonds. The standard InChI is InChI=1S/C16H14BrN3O4/c1-23-14-7-10(9-19-20-16(18)22)5-6-13(14)24-15(21)11-3-2-4-12(17)8-11/h2-9H,1H3,(H3,18,20,22). The molecule has 124 valence electrons. The minimum Gasteiger partial charge on any atom is -0.493 e. The van der Waals surface area contributed by atoms with Crippen LogP contribution in [0.4, 0.5) is 4.79 Å². The van der Waals surface area contributed by atoms with Gasteiger partial charge >= 0.3 is 12.0 Å². The van der Waals surface area contributed by atoms with Gasteiger partial charge in [0, 0.05) is 4.47 Å². The fourth-order valence-electron chi connectivity index (χ4n) is 1.79. The lowest BCUT2D eigenvalue weighted by Gasteiger charge is -2.10. The number of esters is 1. The molecule has 2 aromatic rings. The van der Waals surface area contributed by atoms with Gasteiger partial charge in [0.15, 0.2) is 11.5 Å². The van der Waals surface area contributed by atoms with Crippen molar-refractivity contribution in [3.63, 3.8) is 0 Å². The van der Waals surface area contributed by atoms with Gasteiger partial charge < -0.3 is 15.2 Å². The number of hydrazone groups is 1. The summed E-state index contributed by atoms with van der Waals surface area (Å²) >= 11 is 3.30. The summed E-state index contributed by atoms with van der Waals surface area (Å²) in [6.45, 7) is 0. The first-order valence-electron chi connectivity index (χ1n) is 6.74. The van der Waals surface area contributed by atoms with Crippen molar-refractivity contribution in [2.24, 2.45) is 10.8 Å². The number of benzene rings is 2. The summed E-state index contributed by atoms with van der Waals surface area (Å²) in [4.78, 5) is 22.7. The van der Waals surface area contributed by atoms with E-state index < -0.39 is 12.0 Å². The highest BCUT2D eigenvalue weighted by molar-refractivity contribution is 9.10. The van der Waals surface area contributed by atoms with Crippen molar-refractivity contribution in [1.82, 2.24) is 5.43 Å². The maximum absolute atomic E-state index is 12.2. The molecule has 0 saturated heterocycles. The van der Waals surface area contributed by atoms with Gasteiger partial charge in [0.2, 0.25) is 0 Å². The molecular weight excluding hydrogens is 378 g/mol. The second-order valence-electron chi connectivity index (χ2n) is 4.54. The Hall–Kier alpha value is -2.87. The van der Waals surface area contributed by atoms with Crippen molar-refractivity contribution < 1.29 is 19.1 Å². The summed E-state index contributed by atoms with van der Waals surface area (Å²) in [7, 11) is 1.45. The van der Waals surface area contributed by atoms with Crippen LogP contribution in [0.5, 0.6) is 11.5 Å². The van der Waals surface area contributed by atoms with E-state index in [2.05, 4.69) is 26.5 Å². The van der Waals surface area contributed by atoms with Crippen LogP contribution in [-0.2, 0) is 0 Å². The molecule has 0 spiro atoms. The van der Waals surface area contributed by atoms with Crippen molar-refractivity contribution in [2.45, 2.75) is 0 Å². The Balaban J connectivity index is 2.17. The molecule has 0 fully saturated rings. The Morgan fingerprint density at radius 3 is 2.67 bits per heavy atom. The zero-order chi connectivity index (χ0) is 17.5. The molecule has 24 heavy (non-hydrogen) atoms. The molecule has 3 N–H and O–H groups in total. The first-order chi connectivity index (χ1) is 11.5. The monoisotopic (exact) mass is 391 g/mol. The number of halogens is 1. The number of hydrogen-bond donors (Lipinski definition) is 2. The number of urea groups is 1. The lowest BCUT2D eigenvalue weighted by Crippen LogP contribution is -2.24. The van der Waals surface area contributed by atoms with Gasteiger partial charge in [-0.1, -0.05) is 22.0 Å². The Morgan fingerprint density at radius 2 is 2.00 bits per heavy atom. The smallest absolute Gasteiger partial charge is 0.343 e. The fourth-order valence-corrected chi connectivity index (χ4v) is 2.19. The molecule has 2 rings (SSSR count). The second kappa shape index (κ2) is 8.11. The summed E-state index contributed by atoms with van der Waals surface area (Å²) in [6.07, 6.45) is 1.38. The molecule has 2 aromatic carbocycles. The molecular formula is C16H14BrN3O4. The van der Waals surface area contributed by atoms with Gasteiger partial charge in [0.1, 0.15) is 0 Å². The van der Waals surface area contributed by atoms with Crippen molar-refractivity contribution >= 4 is 34.1 Å². The van der Waals surface area contributed by atoms with E-state index in [1.54, 1.807) is 36.4 Å². The van der Waals surface area contributed by atoms with Crippen LogP contribution in [0.15, 0.2) is 52.0 Å². The van der Waals surface area contributed by atoms with Gasteiger partial charge in [0.05, 0.1) is 18.9 Å². The number of nitrogens with zero attached hydrogens (tertiary/aromatic N) is 1. The minimum absolute atomic E-state index is 0.266. The Bertz CT molecular complexity index is 793. The topological polar surface area (TPSA) is 103 Å². The van der Waals surface area contributed by atoms with E-state index >= 15 is 0 Å². The average Bonchev–Trinajstić information content (AvgIpc) is 2.55. The third-order valence-corrected chi connectivity index (χ3v) is 3.33. The van der Waals surface area contributed by atoms with Gasteiger partial charge in [-0.25, -0.2) is 15.0 Å². The normalized spacial score (nSPS) is 10.4. The Kier molecular flexibility index (Phi) is 5.91. The second-order valence-corrected chi connectivity index (χ2v) is 5.46. The molecule has 0 atom stereocenters. The zero-order valence-corrected chi connectivity index (χ0v) is 14.2. The quantitative estimate of drug-likeness (QED) is 0.353. The number of ether oxygens (including phenoxy) is 2. The SMILES string of the molecule is COc1cc(C=NNC(N)=O)ccc1OC(=O)c1cccc(Br)c1. The number of carbonyl (C=O) groups is 2. The number of primary amides is 1. The maximum Gasteiger partial charge on any atom is 0.343 e. The fraction of sp³-hybridized carbons (Fsp3) is 0.0625. The lowest BCUT2D eigenvalue weighted by molar-refractivity contribution is 0.0729. The average molecular weight is 392 g/mol. The molecule has 0 aliphatic carbocycles. The molecule has 0 unspecified atom stereocenters. The maximum atomic E-state index is 12.2. The van der Waals surface area contributed by atoms with E-state index in [1.807, 2.05) is 6.07 Å². The molecule has 0 saturated carbocycles. The first-order valence-corrected chi connectivity index (χ1v) is 7.53. The summed E-state index contributed by atoms with van der Waals surface area (Å²) in [5, 5.41) is 3.65. The summed E-state index contributed by atoms with van der Waals surface area (Å²) < 4.78 is 11.3. The Morgan fingerprint density at radius 1 is 1.21 bits per heavy atom. The third kappa shape index (κ3) is 4.82. The van der Waals surface area contributed by atoms with Gasteiger partial charge in [-0.2, -0.15) is 5.10 Å². The number of methoxy groups -OCH3 is 1. The number of hydrogen-bond acceptors (Lipinski definition) is 5. The molecule has 0 radical (unpaired) electrons. The molecule has 0 heterocycles. The summed E-state index contributed by atoms with van der Waals surface area (Å²) in [5.74, 6) is 0.107. The number of carbonyl (C=O) groups excluding carboxylic acids is 2. The Labute approximate surface area is 146 Å². The molecule has 0 aliphatic rings. The third-order valence-electron chi connectivity index (χ3n) is 2.84. The summed E-state index contributed by atoms with van der Waals surface area (Å²) in [5.41, 5.74) is 8.02. The molecule has 0 bridgehead atoms. The van der Waals surface area contributed by atoms with Crippen LogP contribution in [0.3, 0.4) is 0 Å². The largest absolute Gasteiger partial charge is 0.493 e. The van der Waals surface area contributed by atoms with Crippen molar-refractivity contribution in [3.05, 3.63) is 58.1 Å². The highest BCUT2D eigenvalue weighted by atomic mass is 79.9. The van der Waals surface area contributed by atoms with Gasteiger partial charge in [-0.05, 0) is 42.0 Å². The molecule has 0 aliphatic heterocycles. The van der Waals surface area contributed by atoms with Crippen LogP contribution in [-0.4, -0.2) is 25.3 Å². The van der Waals surface area contributed by atoms with E-state index in [-0.39, 0.29) is 5.75 Å². The van der Waals surface area contributed by atoms with Crippen molar-refractivity contribution in [3.8, 4) is 11.5 Å². The van der Waals surface area contributed by atoms with Crippen LogP contribution in [0.1, 0.15) is 15.9 Å². The van der Waals surface area contributed by atoms with Crippen LogP contribution in [0.25, 0.3) is 0 Å². The predicted molar refractivity (Wildman–Crippen MR) is 92.4 cm³/mol. The van der Waals surface area contributed by atoms with E-state index in [0.29, 0.717) is 16.9 Å². The highest BCUT2D eigenvalue weighted by Gasteiger charge is 2.13. The molecule has 0 aromatic heterocycles. The van der Waals surface area contributed by atoms with E-state index in [4.69, 9.17) is 15.2 Å². The van der Waals surface area contributed by atoms with Gasteiger partial charge in [0.25, 0.3) is 0 Å². The minimum atomic E-state index is -0.766. The predicted octanol–water partition coefficient (Wildman–Crippen LogP) is 2.68. The van der Waals surface area contributed by atoms with Crippen LogP contribution in [0, 0.1) is 0 Å². The highest BCUT2D eigenvalue weighted by Crippen LogP contribution is 2.28. The number of rotatable bonds is 5.